The molecule has 1 aromatic heterocycles. The zero-order valence-corrected chi connectivity index (χ0v) is 14.7. The normalized spacial score (nSPS) is 10.4. The molecule has 0 aliphatic rings. The largest absolute Gasteiger partial charge is 0.493 e. The first-order valence-corrected chi connectivity index (χ1v) is 8.28. The van der Waals surface area contributed by atoms with Gasteiger partial charge in [-0.15, -0.1) is 0 Å². The first-order chi connectivity index (χ1) is 13.0. The lowest BCUT2D eigenvalue weighted by Gasteiger charge is -2.12. The van der Waals surface area contributed by atoms with Gasteiger partial charge in [-0.05, 0) is 37.3 Å². The van der Waals surface area contributed by atoms with Crippen molar-refractivity contribution in [1.29, 1.82) is 0 Å². The zero-order chi connectivity index (χ0) is 19.4. The van der Waals surface area contributed by atoms with Gasteiger partial charge in [0, 0.05) is 11.3 Å². The van der Waals surface area contributed by atoms with Gasteiger partial charge in [-0.3, -0.25) is 9.59 Å². The van der Waals surface area contributed by atoms with Gasteiger partial charge in [-0.2, -0.15) is 0 Å². The van der Waals surface area contributed by atoms with Crippen LogP contribution in [0.1, 0.15) is 17.3 Å². The van der Waals surface area contributed by atoms with Gasteiger partial charge in [0.2, 0.25) is 0 Å². The van der Waals surface area contributed by atoms with E-state index < -0.39 is 5.56 Å². The first kappa shape index (κ1) is 18.0. The van der Waals surface area contributed by atoms with E-state index in [0.29, 0.717) is 29.2 Å². The Morgan fingerprint density at radius 2 is 1.93 bits per heavy atom. The number of nitrogens with two attached hydrogens (primary N) is 2. The summed E-state index contributed by atoms with van der Waals surface area (Å²) in [4.78, 5) is 31.0. The number of aromatic nitrogens is 2. The Labute approximate surface area is 155 Å². The molecule has 138 valence electrons. The number of benzene rings is 2. The number of nitrogens with one attached hydrogen (secondary N) is 2. The number of anilines is 3. The molecule has 0 bridgehead atoms. The molecule has 0 aliphatic heterocycles. The number of hydrogen-bond acceptors (Lipinski definition) is 6. The molecule has 1 heterocycles. The van der Waals surface area contributed by atoms with Crippen molar-refractivity contribution in [2.45, 2.75) is 6.92 Å². The van der Waals surface area contributed by atoms with Gasteiger partial charge in [-0.1, -0.05) is 18.2 Å². The van der Waals surface area contributed by atoms with E-state index in [2.05, 4.69) is 15.3 Å². The summed E-state index contributed by atoms with van der Waals surface area (Å²) >= 11 is 0. The molecule has 3 rings (SSSR count). The van der Waals surface area contributed by atoms with Crippen LogP contribution in [0.4, 0.5) is 17.2 Å². The molecule has 0 unspecified atom stereocenters. The Morgan fingerprint density at radius 3 is 2.59 bits per heavy atom. The summed E-state index contributed by atoms with van der Waals surface area (Å²) in [5.41, 5.74) is 12.1. The Bertz CT molecular complexity index is 1030. The van der Waals surface area contributed by atoms with Crippen molar-refractivity contribution in [3.63, 3.8) is 0 Å². The standard InChI is InChI=1S/C19H19N5O3/c1-2-27-14-10-11(18(25)22-12-6-4-3-5-7-12)8-9-13(14)17-23-16(21)15(20)19(26)24-17/h3-10H,2,20H2,1H3,(H,22,25)(H3,21,23,24,26). The maximum Gasteiger partial charge on any atom is 0.276 e. The predicted octanol–water partition coefficient (Wildman–Crippen LogP) is 2.25. The van der Waals surface area contributed by atoms with Crippen LogP contribution in [0.3, 0.4) is 0 Å². The minimum Gasteiger partial charge on any atom is -0.493 e. The number of nitrogen functional groups attached to an aromatic ring is 2. The number of amides is 1. The number of hydrogen-bond donors (Lipinski definition) is 4. The summed E-state index contributed by atoms with van der Waals surface area (Å²) in [6.45, 7) is 2.18. The molecular weight excluding hydrogens is 346 g/mol. The summed E-state index contributed by atoms with van der Waals surface area (Å²) in [6, 6.07) is 14.0. The molecule has 8 nitrogen and oxygen atoms in total. The lowest BCUT2D eigenvalue weighted by Crippen LogP contribution is -2.17. The van der Waals surface area contributed by atoms with Crippen LogP contribution in [0.25, 0.3) is 11.4 Å². The highest BCUT2D eigenvalue weighted by atomic mass is 16.5. The number of rotatable bonds is 5. The van der Waals surface area contributed by atoms with Crippen molar-refractivity contribution < 1.29 is 9.53 Å². The van der Waals surface area contributed by atoms with Crippen LogP contribution < -0.4 is 27.1 Å². The second-order valence-electron chi connectivity index (χ2n) is 5.68. The molecule has 2 aromatic carbocycles. The van der Waals surface area contributed by atoms with E-state index in [-0.39, 0.29) is 23.2 Å². The van der Waals surface area contributed by atoms with Crippen molar-refractivity contribution in [3.8, 4) is 17.1 Å². The van der Waals surface area contributed by atoms with Gasteiger partial charge in [0.05, 0.1) is 12.2 Å². The Balaban J connectivity index is 1.98. The van der Waals surface area contributed by atoms with Crippen LogP contribution in [0.5, 0.6) is 5.75 Å². The first-order valence-electron chi connectivity index (χ1n) is 8.28. The molecule has 0 fully saturated rings. The number of carbonyl (C=O) groups is 1. The van der Waals surface area contributed by atoms with E-state index in [1.54, 1.807) is 30.3 Å². The monoisotopic (exact) mass is 365 g/mol. The molecule has 0 aliphatic carbocycles. The Morgan fingerprint density at radius 1 is 1.19 bits per heavy atom. The van der Waals surface area contributed by atoms with Gasteiger partial charge >= 0.3 is 0 Å². The highest BCUT2D eigenvalue weighted by molar-refractivity contribution is 6.04. The summed E-state index contributed by atoms with van der Waals surface area (Å²) in [5.74, 6) is 0.254. The highest BCUT2D eigenvalue weighted by Gasteiger charge is 2.15. The molecule has 3 aromatic rings. The van der Waals surface area contributed by atoms with Crippen molar-refractivity contribution in [2.75, 3.05) is 23.4 Å². The summed E-state index contributed by atoms with van der Waals surface area (Å²) in [7, 11) is 0. The van der Waals surface area contributed by atoms with Gasteiger partial charge in [0.1, 0.15) is 17.3 Å². The SMILES string of the molecule is CCOc1cc(C(=O)Nc2ccccc2)ccc1-c1nc(N)c(N)c(=O)[nH]1. The molecule has 6 N–H and O–H groups in total. The van der Waals surface area contributed by atoms with Crippen LogP contribution in [-0.2, 0) is 0 Å². The summed E-state index contributed by atoms with van der Waals surface area (Å²) < 4.78 is 5.63. The Hall–Kier alpha value is -3.81. The van der Waals surface area contributed by atoms with Crippen molar-refractivity contribution in [3.05, 3.63) is 64.4 Å². The number of carbonyl (C=O) groups excluding carboxylic acids is 1. The van der Waals surface area contributed by atoms with Gasteiger partial charge in [0.25, 0.3) is 11.5 Å². The van der Waals surface area contributed by atoms with Crippen molar-refractivity contribution in [1.82, 2.24) is 9.97 Å². The fraction of sp³-hybridized carbons (Fsp3) is 0.105. The van der Waals surface area contributed by atoms with E-state index in [4.69, 9.17) is 16.2 Å². The van der Waals surface area contributed by atoms with E-state index in [1.165, 1.54) is 0 Å². The lowest BCUT2D eigenvalue weighted by molar-refractivity contribution is 0.102. The zero-order valence-electron chi connectivity index (χ0n) is 14.7. The number of nitrogens with zero attached hydrogens (tertiary/aromatic N) is 1. The second-order valence-corrected chi connectivity index (χ2v) is 5.68. The second kappa shape index (κ2) is 7.61. The lowest BCUT2D eigenvalue weighted by atomic mass is 10.1. The summed E-state index contributed by atoms with van der Waals surface area (Å²) in [5, 5.41) is 2.81. The minimum atomic E-state index is -0.536. The van der Waals surface area contributed by atoms with Crippen molar-refractivity contribution in [2.24, 2.45) is 0 Å². The maximum atomic E-state index is 12.5. The average molecular weight is 365 g/mol. The molecule has 0 saturated carbocycles. The van der Waals surface area contributed by atoms with Gasteiger partial charge in [-0.25, -0.2) is 4.98 Å². The molecule has 0 atom stereocenters. The van der Waals surface area contributed by atoms with Crippen LogP contribution in [0, 0.1) is 0 Å². The number of H-pyrrole nitrogens is 1. The van der Waals surface area contributed by atoms with Gasteiger partial charge in [0.15, 0.2) is 5.82 Å². The average Bonchev–Trinajstić information content (AvgIpc) is 2.66. The van der Waals surface area contributed by atoms with Crippen LogP contribution in [0.2, 0.25) is 0 Å². The number of para-hydroxylation sites is 1. The number of ether oxygens (including phenoxy) is 1. The Kier molecular flexibility index (Phi) is 5.07. The topological polar surface area (TPSA) is 136 Å². The fourth-order valence-electron chi connectivity index (χ4n) is 2.49. The fourth-order valence-corrected chi connectivity index (χ4v) is 2.49. The summed E-state index contributed by atoms with van der Waals surface area (Å²) in [6.07, 6.45) is 0. The van der Waals surface area contributed by atoms with E-state index >= 15 is 0 Å². The smallest absolute Gasteiger partial charge is 0.276 e. The van der Waals surface area contributed by atoms with E-state index in [9.17, 15) is 9.59 Å². The molecule has 0 radical (unpaired) electrons. The van der Waals surface area contributed by atoms with Crippen molar-refractivity contribution >= 4 is 23.1 Å². The molecule has 1 amide bonds. The van der Waals surface area contributed by atoms with Crippen LogP contribution in [-0.4, -0.2) is 22.5 Å². The van der Waals surface area contributed by atoms with Crippen LogP contribution in [0.15, 0.2) is 53.3 Å². The minimum absolute atomic E-state index is 0.0675. The molecular formula is C19H19N5O3. The molecule has 8 heteroatoms. The van der Waals surface area contributed by atoms with Crippen LogP contribution >= 0.6 is 0 Å². The third-order valence-electron chi connectivity index (χ3n) is 3.82. The molecule has 27 heavy (non-hydrogen) atoms. The maximum absolute atomic E-state index is 12.5. The quantitative estimate of drug-likeness (QED) is 0.547. The predicted molar refractivity (Wildman–Crippen MR) is 105 cm³/mol. The molecule has 0 spiro atoms. The number of aromatic amines is 1. The third kappa shape index (κ3) is 3.90. The van der Waals surface area contributed by atoms with E-state index in [1.807, 2.05) is 25.1 Å². The van der Waals surface area contributed by atoms with Gasteiger partial charge < -0.3 is 26.5 Å². The highest BCUT2D eigenvalue weighted by Crippen LogP contribution is 2.29. The third-order valence-corrected chi connectivity index (χ3v) is 3.82. The van der Waals surface area contributed by atoms with E-state index in [0.717, 1.165) is 0 Å². The molecule has 0 saturated heterocycles.